The van der Waals surface area contributed by atoms with Gasteiger partial charge in [-0.2, -0.15) is 0 Å². The molecule has 0 bridgehead atoms. The standard InChI is InChI=1S/C19H19FN4OS/c1-12-4-6-16(9-13(12)2)24-11-21-23-19(24)26-10-18(25)22-17-7-5-15(20)8-14(17)3/h4-9,11H,10H2,1-3H3,(H,22,25). The number of carbonyl (C=O) groups is 1. The molecule has 0 aliphatic rings. The minimum absolute atomic E-state index is 0.181. The zero-order valence-electron chi connectivity index (χ0n) is 14.8. The van der Waals surface area contributed by atoms with Gasteiger partial charge < -0.3 is 5.32 Å². The number of halogens is 1. The number of thioether (sulfide) groups is 1. The van der Waals surface area contributed by atoms with E-state index in [1.54, 1.807) is 19.3 Å². The van der Waals surface area contributed by atoms with E-state index in [0.717, 1.165) is 5.69 Å². The fourth-order valence-electron chi connectivity index (χ4n) is 2.46. The lowest BCUT2D eigenvalue weighted by molar-refractivity contribution is -0.113. The smallest absolute Gasteiger partial charge is 0.234 e. The minimum atomic E-state index is -0.323. The molecule has 0 spiro atoms. The van der Waals surface area contributed by atoms with E-state index in [1.165, 1.54) is 35.0 Å². The van der Waals surface area contributed by atoms with E-state index in [2.05, 4.69) is 35.4 Å². The summed E-state index contributed by atoms with van der Waals surface area (Å²) < 4.78 is 15.0. The quantitative estimate of drug-likeness (QED) is 0.688. The first-order valence-corrected chi connectivity index (χ1v) is 9.09. The van der Waals surface area contributed by atoms with Gasteiger partial charge in [-0.3, -0.25) is 9.36 Å². The summed E-state index contributed by atoms with van der Waals surface area (Å²) in [5.41, 5.74) is 4.63. The van der Waals surface area contributed by atoms with E-state index in [1.807, 2.05) is 16.7 Å². The molecule has 1 aromatic heterocycles. The highest BCUT2D eigenvalue weighted by Crippen LogP contribution is 2.22. The second-order valence-electron chi connectivity index (χ2n) is 6.05. The molecule has 1 N–H and O–H groups in total. The second-order valence-corrected chi connectivity index (χ2v) is 6.99. The van der Waals surface area contributed by atoms with Crippen molar-refractivity contribution in [2.45, 2.75) is 25.9 Å². The molecule has 0 radical (unpaired) electrons. The number of aromatic nitrogens is 3. The first-order chi connectivity index (χ1) is 12.4. The normalized spacial score (nSPS) is 10.8. The lowest BCUT2D eigenvalue weighted by atomic mass is 10.1. The van der Waals surface area contributed by atoms with Crippen molar-refractivity contribution in [1.82, 2.24) is 14.8 Å². The van der Waals surface area contributed by atoms with Crippen LogP contribution in [-0.2, 0) is 4.79 Å². The van der Waals surface area contributed by atoms with E-state index in [-0.39, 0.29) is 17.5 Å². The molecular weight excluding hydrogens is 351 g/mol. The molecule has 134 valence electrons. The third-order valence-corrected chi connectivity index (χ3v) is 5.02. The number of amides is 1. The van der Waals surface area contributed by atoms with E-state index >= 15 is 0 Å². The summed E-state index contributed by atoms with van der Waals surface area (Å²) in [4.78, 5) is 12.2. The molecule has 1 heterocycles. The molecule has 3 aromatic rings. The predicted octanol–water partition coefficient (Wildman–Crippen LogP) is 4.06. The summed E-state index contributed by atoms with van der Waals surface area (Å²) in [7, 11) is 0. The van der Waals surface area contributed by atoms with Crippen LogP contribution in [0.15, 0.2) is 47.9 Å². The monoisotopic (exact) mass is 370 g/mol. The molecule has 0 aliphatic heterocycles. The van der Waals surface area contributed by atoms with Crippen LogP contribution in [0.2, 0.25) is 0 Å². The molecule has 1 amide bonds. The van der Waals surface area contributed by atoms with Crippen molar-refractivity contribution in [3.8, 4) is 5.69 Å². The number of aryl methyl sites for hydroxylation is 3. The lowest BCUT2D eigenvalue weighted by Gasteiger charge is -2.10. The van der Waals surface area contributed by atoms with Gasteiger partial charge in [0.25, 0.3) is 0 Å². The molecule has 7 heteroatoms. The maximum Gasteiger partial charge on any atom is 0.234 e. The number of carbonyl (C=O) groups excluding carboxylic acids is 1. The average Bonchev–Trinajstić information content (AvgIpc) is 3.06. The molecule has 0 fully saturated rings. The SMILES string of the molecule is Cc1ccc(-n2cnnc2SCC(=O)Nc2ccc(F)cc2C)cc1C. The number of benzene rings is 2. The first kappa shape index (κ1) is 18.1. The number of nitrogens with one attached hydrogen (secondary N) is 1. The largest absolute Gasteiger partial charge is 0.325 e. The zero-order chi connectivity index (χ0) is 18.7. The van der Waals surface area contributed by atoms with Crippen LogP contribution in [0, 0.1) is 26.6 Å². The van der Waals surface area contributed by atoms with Crippen LogP contribution >= 0.6 is 11.8 Å². The molecule has 0 saturated carbocycles. The molecule has 26 heavy (non-hydrogen) atoms. The Morgan fingerprint density at radius 1 is 1.12 bits per heavy atom. The Hall–Kier alpha value is -2.67. The van der Waals surface area contributed by atoms with Gasteiger partial charge in [0, 0.05) is 11.4 Å². The van der Waals surface area contributed by atoms with E-state index in [0.29, 0.717) is 16.4 Å². The fraction of sp³-hybridized carbons (Fsp3) is 0.211. The Morgan fingerprint density at radius 2 is 1.92 bits per heavy atom. The summed E-state index contributed by atoms with van der Waals surface area (Å²) in [5, 5.41) is 11.5. The fourth-order valence-corrected chi connectivity index (χ4v) is 3.19. The molecule has 0 unspecified atom stereocenters. The third kappa shape index (κ3) is 4.11. The molecule has 0 aliphatic carbocycles. The van der Waals surface area contributed by atoms with Gasteiger partial charge in [0.15, 0.2) is 5.16 Å². The van der Waals surface area contributed by atoms with E-state index in [9.17, 15) is 9.18 Å². The Morgan fingerprint density at radius 3 is 2.65 bits per heavy atom. The van der Waals surface area contributed by atoms with Gasteiger partial charge in [0.2, 0.25) is 5.91 Å². The van der Waals surface area contributed by atoms with Crippen LogP contribution in [0.5, 0.6) is 0 Å². The molecule has 5 nitrogen and oxygen atoms in total. The van der Waals surface area contributed by atoms with Crippen LogP contribution in [-0.4, -0.2) is 26.4 Å². The van der Waals surface area contributed by atoms with Crippen molar-refractivity contribution in [3.63, 3.8) is 0 Å². The number of rotatable bonds is 5. The Balaban J connectivity index is 1.68. The van der Waals surface area contributed by atoms with Crippen molar-refractivity contribution >= 4 is 23.4 Å². The maximum absolute atomic E-state index is 13.1. The summed E-state index contributed by atoms with van der Waals surface area (Å²) in [5.74, 6) is -0.323. The Bertz CT molecular complexity index is 954. The maximum atomic E-state index is 13.1. The van der Waals surface area contributed by atoms with Crippen molar-refractivity contribution in [3.05, 3.63) is 65.2 Å². The van der Waals surface area contributed by atoms with Crippen molar-refractivity contribution in [2.75, 3.05) is 11.1 Å². The van der Waals surface area contributed by atoms with Gasteiger partial charge in [0.1, 0.15) is 12.1 Å². The Kier molecular flexibility index (Phi) is 5.37. The highest BCUT2D eigenvalue weighted by Gasteiger charge is 2.12. The molecule has 3 rings (SSSR count). The van der Waals surface area contributed by atoms with Crippen LogP contribution in [0.1, 0.15) is 16.7 Å². The highest BCUT2D eigenvalue weighted by molar-refractivity contribution is 7.99. The van der Waals surface area contributed by atoms with Gasteiger partial charge in [-0.1, -0.05) is 17.8 Å². The van der Waals surface area contributed by atoms with Crippen LogP contribution in [0.25, 0.3) is 5.69 Å². The molecule has 0 saturated heterocycles. The number of anilines is 1. The van der Waals surface area contributed by atoms with Crippen molar-refractivity contribution in [2.24, 2.45) is 0 Å². The minimum Gasteiger partial charge on any atom is -0.325 e. The number of hydrogen-bond donors (Lipinski definition) is 1. The summed E-state index contributed by atoms with van der Waals surface area (Å²) in [6.45, 7) is 5.86. The van der Waals surface area contributed by atoms with Crippen molar-refractivity contribution < 1.29 is 9.18 Å². The summed E-state index contributed by atoms with van der Waals surface area (Å²) >= 11 is 1.30. The molecule has 0 atom stereocenters. The van der Waals surface area contributed by atoms with Gasteiger partial charge >= 0.3 is 0 Å². The van der Waals surface area contributed by atoms with Crippen LogP contribution in [0.4, 0.5) is 10.1 Å². The molecule has 2 aromatic carbocycles. The third-order valence-electron chi connectivity index (χ3n) is 4.08. The lowest BCUT2D eigenvalue weighted by Crippen LogP contribution is -2.15. The number of hydrogen-bond acceptors (Lipinski definition) is 4. The van der Waals surface area contributed by atoms with Gasteiger partial charge in [0.05, 0.1) is 5.75 Å². The summed E-state index contributed by atoms with van der Waals surface area (Å²) in [6, 6.07) is 10.4. The predicted molar refractivity (Wildman–Crippen MR) is 101 cm³/mol. The second kappa shape index (κ2) is 7.70. The highest BCUT2D eigenvalue weighted by atomic mass is 32.2. The van der Waals surface area contributed by atoms with E-state index < -0.39 is 0 Å². The average molecular weight is 370 g/mol. The van der Waals surface area contributed by atoms with E-state index in [4.69, 9.17) is 0 Å². The van der Waals surface area contributed by atoms with Crippen molar-refractivity contribution in [1.29, 1.82) is 0 Å². The molecular formula is C19H19FN4OS. The van der Waals surface area contributed by atoms with Gasteiger partial charge in [-0.15, -0.1) is 10.2 Å². The zero-order valence-corrected chi connectivity index (χ0v) is 15.6. The van der Waals surface area contributed by atoms with Crippen LogP contribution < -0.4 is 5.32 Å². The van der Waals surface area contributed by atoms with Gasteiger partial charge in [-0.25, -0.2) is 4.39 Å². The topological polar surface area (TPSA) is 59.8 Å². The van der Waals surface area contributed by atoms with Crippen LogP contribution in [0.3, 0.4) is 0 Å². The first-order valence-electron chi connectivity index (χ1n) is 8.10. The Labute approximate surface area is 155 Å². The summed E-state index contributed by atoms with van der Waals surface area (Å²) in [6.07, 6.45) is 1.63. The number of nitrogens with zero attached hydrogens (tertiary/aromatic N) is 3. The van der Waals surface area contributed by atoms with Gasteiger partial charge in [-0.05, 0) is 67.8 Å².